The molecule has 30 heavy (non-hydrogen) atoms. The van der Waals surface area contributed by atoms with Gasteiger partial charge in [-0.1, -0.05) is 37.3 Å². The van der Waals surface area contributed by atoms with E-state index in [9.17, 15) is 15.2 Å². The number of nitrogens with one attached hydrogen (secondary N) is 1. The molecular formula is C24H21N3O3. The lowest BCUT2D eigenvalue weighted by molar-refractivity contribution is -0.384. The summed E-state index contributed by atoms with van der Waals surface area (Å²) < 4.78 is 0. The van der Waals surface area contributed by atoms with Gasteiger partial charge in [0, 0.05) is 35.0 Å². The summed E-state index contributed by atoms with van der Waals surface area (Å²) in [6, 6.07) is 21.5. The maximum Gasteiger partial charge on any atom is 0.269 e. The molecule has 1 atom stereocenters. The number of phenolic OH excluding ortho intramolecular Hbond substituents is 1. The van der Waals surface area contributed by atoms with E-state index < -0.39 is 11.0 Å². The highest BCUT2D eigenvalue weighted by atomic mass is 16.6. The number of anilines is 1. The van der Waals surface area contributed by atoms with Gasteiger partial charge in [-0.25, -0.2) is 0 Å². The molecule has 1 aromatic heterocycles. The summed E-state index contributed by atoms with van der Waals surface area (Å²) in [5.41, 5.74) is 4.10. The summed E-state index contributed by atoms with van der Waals surface area (Å²) >= 11 is 0. The zero-order valence-corrected chi connectivity index (χ0v) is 16.4. The number of fused-ring (bicyclic) bond motifs is 1. The Balaban J connectivity index is 1.80. The molecular weight excluding hydrogens is 378 g/mol. The highest BCUT2D eigenvalue weighted by Crippen LogP contribution is 2.36. The number of pyridine rings is 1. The van der Waals surface area contributed by atoms with E-state index in [1.54, 1.807) is 18.3 Å². The van der Waals surface area contributed by atoms with E-state index >= 15 is 0 Å². The molecule has 0 bridgehead atoms. The highest BCUT2D eigenvalue weighted by molar-refractivity contribution is 5.86. The summed E-state index contributed by atoms with van der Waals surface area (Å²) in [6.07, 6.45) is 2.59. The van der Waals surface area contributed by atoms with Crippen molar-refractivity contribution in [2.75, 3.05) is 5.32 Å². The smallest absolute Gasteiger partial charge is 0.269 e. The van der Waals surface area contributed by atoms with Crippen molar-refractivity contribution in [3.05, 3.63) is 106 Å². The first-order valence-corrected chi connectivity index (χ1v) is 9.73. The Labute approximate surface area is 174 Å². The molecule has 0 saturated carbocycles. The Bertz CT molecular complexity index is 1190. The minimum atomic E-state index is -0.424. The lowest BCUT2D eigenvalue weighted by atomic mass is 9.95. The SMILES string of the molecule is CCc1ccc(NC(c2ccc([N+](=O)[O-])cc2)c2ccc3cccnc3c2O)cc1. The molecule has 0 radical (unpaired) electrons. The normalized spacial score (nSPS) is 11.9. The number of hydrogen-bond acceptors (Lipinski definition) is 5. The van der Waals surface area contributed by atoms with E-state index in [1.807, 2.05) is 36.4 Å². The average Bonchev–Trinajstić information content (AvgIpc) is 2.79. The van der Waals surface area contributed by atoms with Crippen LogP contribution in [0.25, 0.3) is 10.9 Å². The number of non-ortho nitro benzene ring substituents is 1. The second kappa shape index (κ2) is 8.21. The number of rotatable bonds is 6. The van der Waals surface area contributed by atoms with Gasteiger partial charge in [0.25, 0.3) is 5.69 Å². The van der Waals surface area contributed by atoms with Crippen LogP contribution in [-0.2, 0) is 6.42 Å². The number of aryl methyl sites for hydroxylation is 1. The van der Waals surface area contributed by atoms with Crippen molar-refractivity contribution in [3.8, 4) is 5.75 Å². The van der Waals surface area contributed by atoms with E-state index in [2.05, 4.69) is 29.4 Å². The Morgan fingerprint density at radius 2 is 1.77 bits per heavy atom. The minimum absolute atomic E-state index is 0.0224. The molecule has 6 nitrogen and oxygen atoms in total. The van der Waals surface area contributed by atoms with Crippen LogP contribution in [0.4, 0.5) is 11.4 Å². The molecule has 150 valence electrons. The maximum absolute atomic E-state index is 11.0. The van der Waals surface area contributed by atoms with E-state index in [4.69, 9.17) is 0 Å². The Morgan fingerprint density at radius 3 is 2.43 bits per heavy atom. The van der Waals surface area contributed by atoms with Crippen LogP contribution in [0.15, 0.2) is 79.0 Å². The molecule has 2 N–H and O–H groups in total. The van der Waals surface area contributed by atoms with E-state index in [-0.39, 0.29) is 11.4 Å². The Morgan fingerprint density at radius 1 is 1.03 bits per heavy atom. The van der Waals surface area contributed by atoms with Crippen LogP contribution in [0.1, 0.15) is 29.7 Å². The lowest BCUT2D eigenvalue weighted by Gasteiger charge is -2.22. The fraction of sp³-hybridized carbons (Fsp3) is 0.125. The van der Waals surface area contributed by atoms with Crippen molar-refractivity contribution >= 4 is 22.3 Å². The molecule has 1 unspecified atom stereocenters. The van der Waals surface area contributed by atoms with Crippen molar-refractivity contribution in [1.29, 1.82) is 0 Å². The Kier molecular flexibility index (Phi) is 5.30. The van der Waals surface area contributed by atoms with Crippen molar-refractivity contribution in [1.82, 2.24) is 4.98 Å². The summed E-state index contributed by atoms with van der Waals surface area (Å²) in [5.74, 6) is 0.0918. The third kappa shape index (κ3) is 3.80. The molecule has 0 amide bonds. The second-order valence-electron chi connectivity index (χ2n) is 7.05. The standard InChI is InChI=1S/C24H21N3O3/c1-2-16-5-10-19(11-6-16)26-22(18-7-12-20(13-8-18)27(29)30)21-14-9-17-4-3-15-25-23(17)24(21)28/h3-15,22,26,28H,2H2,1H3. The van der Waals surface area contributed by atoms with Crippen LogP contribution in [0, 0.1) is 10.1 Å². The van der Waals surface area contributed by atoms with Gasteiger partial charge in [0.05, 0.1) is 11.0 Å². The first kappa shape index (κ1) is 19.4. The molecule has 6 heteroatoms. The molecule has 0 aliphatic rings. The van der Waals surface area contributed by atoms with Gasteiger partial charge < -0.3 is 10.4 Å². The van der Waals surface area contributed by atoms with Gasteiger partial charge in [-0.3, -0.25) is 15.1 Å². The van der Waals surface area contributed by atoms with Gasteiger partial charge in [0.15, 0.2) is 0 Å². The maximum atomic E-state index is 11.0. The van der Waals surface area contributed by atoms with Crippen molar-refractivity contribution in [2.45, 2.75) is 19.4 Å². The van der Waals surface area contributed by atoms with Crippen LogP contribution in [-0.4, -0.2) is 15.0 Å². The van der Waals surface area contributed by atoms with Crippen molar-refractivity contribution in [3.63, 3.8) is 0 Å². The fourth-order valence-electron chi connectivity index (χ4n) is 3.51. The largest absolute Gasteiger partial charge is 0.505 e. The molecule has 0 aliphatic heterocycles. The van der Waals surface area contributed by atoms with Gasteiger partial charge in [-0.05, 0) is 47.9 Å². The summed E-state index contributed by atoms with van der Waals surface area (Å²) in [7, 11) is 0. The molecule has 0 fully saturated rings. The quantitative estimate of drug-likeness (QED) is 0.325. The zero-order chi connectivity index (χ0) is 21.1. The average molecular weight is 399 g/mol. The van der Waals surface area contributed by atoms with Gasteiger partial charge in [-0.15, -0.1) is 0 Å². The molecule has 0 saturated heterocycles. The minimum Gasteiger partial charge on any atom is -0.505 e. The third-order valence-corrected chi connectivity index (χ3v) is 5.20. The summed E-state index contributed by atoms with van der Waals surface area (Å²) in [5, 5.41) is 26.3. The molecule has 0 aliphatic carbocycles. The lowest BCUT2D eigenvalue weighted by Crippen LogP contribution is -2.13. The second-order valence-corrected chi connectivity index (χ2v) is 7.05. The first-order valence-electron chi connectivity index (χ1n) is 9.73. The van der Waals surface area contributed by atoms with Crippen molar-refractivity contribution in [2.24, 2.45) is 0 Å². The van der Waals surface area contributed by atoms with E-state index in [0.717, 1.165) is 23.1 Å². The number of nitro benzene ring substituents is 1. The van der Waals surface area contributed by atoms with Gasteiger partial charge in [0.1, 0.15) is 11.3 Å². The first-order chi connectivity index (χ1) is 14.6. The monoisotopic (exact) mass is 399 g/mol. The Hall–Kier alpha value is -3.93. The molecule has 3 aromatic carbocycles. The van der Waals surface area contributed by atoms with Crippen LogP contribution in [0.3, 0.4) is 0 Å². The highest BCUT2D eigenvalue weighted by Gasteiger charge is 2.21. The third-order valence-electron chi connectivity index (χ3n) is 5.20. The van der Waals surface area contributed by atoms with Gasteiger partial charge in [-0.2, -0.15) is 0 Å². The topological polar surface area (TPSA) is 88.3 Å². The van der Waals surface area contributed by atoms with Crippen LogP contribution in [0.2, 0.25) is 0 Å². The van der Waals surface area contributed by atoms with Crippen LogP contribution >= 0.6 is 0 Å². The van der Waals surface area contributed by atoms with Crippen LogP contribution in [0.5, 0.6) is 5.75 Å². The number of aromatic hydroxyl groups is 1. The molecule has 4 aromatic rings. The van der Waals surface area contributed by atoms with E-state index in [0.29, 0.717) is 11.1 Å². The summed E-state index contributed by atoms with van der Waals surface area (Å²) in [4.78, 5) is 14.9. The fourth-order valence-corrected chi connectivity index (χ4v) is 3.51. The van der Waals surface area contributed by atoms with Gasteiger partial charge in [0.2, 0.25) is 0 Å². The van der Waals surface area contributed by atoms with E-state index in [1.165, 1.54) is 17.7 Å². The van der Waals surface area contributed by atoms with Crippen LogP contribution < -0.4 is 5.32 Å². The molecule has 0 spiro atoms. The number of benzene rings is 3. The predicted molar refractivity (Wildman–Crippen MR) is 118 cm³/mol. The zero-order valence-electron chi connectivity index (χ0n) is 16.4. The van der Waals surface area contributed by atoms with Crippen molar-refractivity contribution < 1.29 is 10.0 Å². The number of nitro groups is 1. The number of aromatic nitrogens is 1. The predicted octanol–water partition coefficient (Wildman–Crippen LogP) is 5.61. The molecule has 1 heterocycles. The summed E-state index contributed by atoms with van der Waals surface area (Å²) in [6.45, 7) is 2.10. The number of nitrogens with zero attached hydrogens (tertiary/aromatic N) is 2. The number of hydrogen-bond donors (Lipinski definition) is 2. The number of phenols is 1. The van der Waals surface area contributed by atoms with Gasteiger partial charge >= 0.3 is 0 Å². The molecule has 4 rings (SSSR count).